The first kappa shape index (κ1) is 13.4. The van der Waals surface area contributed by atoms with Crippen LogP contribution >= 0.6 is 0 Å². The largest absolute Gasteiger partial charge is 0.339 e. The summed E-state index contributed by atoms with van der Waals surface area (Å²) in [5.41, 5.74) is 1.51. The second-order valence-electron chi connectivity index (χ2n) is 4.56. The predicted octanol–water partition coefficient (Wildman–Crippen LogP) is 3.36. The topological polar surface area (TPSA) is 77.4 Å². The zero-order valence-corrected chi connectivity index (χ0v) is 11.6. The molecule has 0 saturated carbocycles. The monoisotopic (exact) mass is 285 g/mol. The molecule has 0 atom stereocenters. The Balaban J connectivity index is 2.12. The summed E-state index contributed by atoms with van der Waals surface area (Å²) in [5.74, 6) is 0.918. The summed E-state index contributed by atoms with van der Waals surface area (Å²) in [6.07, 6.45) is 3.61. The average molecular weight is 285 g/mol. The molecule has 2 aromatic heterocycles. The number of nitrogens with zero attached hydrogens (tertiary/aromatic N) is 4. The van der Waals surface area contributed by atoms with Gasteiger partial charge in [0.15, 0.2) is 11.6 Å². The molecule has 1 N–H and O–H groups in total. The molecule has 0 aliphatic rings. The number of nitriles is 2. The Morgan fingerprint density at radius 3 is 2.23 bits per heavy atom. The molecule has 2 heterocycles. The van der Waals surface area contributed by atoms with Crippen LogP contribution in [-0.2, 0) is 0 Å². The van der Waals surface area contributed by atoms with E-state index in [9.17, 15) is 10.5 Å². The second kappa shape index (κ2) is 5.82. The van der Waals surface area contributed by atoms with E-state index in [0.717, 1.165) is 5.69 Å². The molecule has 0 radical (unpaired) electrons. The molecule has 0 unspecified atom stereocenters. The van der Waals surface area contributed by atoms with Crippen molar-refractivity contribution in [3.05, 3.63) is 72.1 Å². The summed E-state index contributed by atoms with van der Waals surface area (Å²) in [4.78, 5) is 4.46. The second-order valence-corrected chi connectivity index (χ2v) is 4.56. The van der Waals surface area contributed by atoms with Crippen LogP contribution in [-0.4, -0.2) is 9.55 Å². The molecule has 5 nitrogen and oxygen atoms in total. The molecule has 104 valence electrons. The zero-order valence-electron chi connectivity index (χ0n) is 11.6. The first-order chi connectivity index (χ1) is 10.8. The third kappa shape index (κ3) is 2.52. The van der Waals surface area contributed by atoms with Gasteiger partial charge in [0.1, 0.15) is 12.1 Å². The van der Waals surface area contributed by atoms with Gasteiger partial charge in [-0.1, -0.05) is 18.2 Å². The van der Waals surface area contributed by atoms with Gasteiger partial charge >= 0.3 is 0 Å². The number of nitrogens with one attached hydrogen (secondary N) is 1. The van der Waals surface area contributed by atoms with E-state index in [-0.39, 0.29) is 0 Å². The van der Waals surface area contributed by atoms with E-state index in [4.69, 9.17) is 0 Å². The number of para-hydroxylation sites is 1. The summed E-state index contributed by atoms with van der Waals surface area (Å²) in [7, 11) is 0. The number of benzene rings is 1. The molecule has 0 aliphatic carbocycles. The van der Waals surface area contributed by atoms with Gasteiger partial charge in [0, 0.05) is 18.1 Å². The van der Waals surface area contributed by atoms with E-state index in [1.165, 1.54) is 0 Å². The van der Waals surface area contributed by atoms with E-state index in [1.807, 2.05) is 54.9 Å². The van der Waals surface area contributed by atoms with Crippen molar-refractivity contribution in [1.29, 1.82) is 10.5 Å². The first-order valence-corrected chi connectivity index (χ1v) is 6.62. The van der Waals surface area contributed by atoms with E-state index in [2.05, 4.69) is 22.4 Å². The lowest BCUT2D eigenvalue weighted by molar-refractivity contribution is 1.00. The van der Waals surface area contributed by atoms with Gasteiger partial charge in [-0.2, -0.15) is 10.5 Å². The van der Waals surface area contributed by atoms with Crippen LogP contribution in [0.4, 0.5) is 11.5 Å². The molecule has 0 bridgehead atoms. The highest BCUT2D eigenvalue weighted by Gasteiger charge is 2.13. The Morgan fingerprint density at radius 1 is 0.909 bits per heavy atom. The van der Waals surface area contributed by atoms with Crippen molar-refractivity contribution in [3.63, 3.8) is 0 Å². The third-order valence-corrected chi connectivity index (χ3v) is 3.13. The molecule has 0 fully saturated rings. The van der Waals surface area contributed by atoms with Crippen molar-refractivity contribution < 1.29 is 0 Å². The van der Waals surface area contributed by atoms with Crippen molar-refractivity contribution in [2.24, 2.45) is 0 Å². The highest BCUT2D eigenvalue weighted by Crippen LogP contribution is 2.23. The van der Waals surface area contributed by atoms with Crippen LogP contribution in [0.1, 0.15) is 11.1 Å². The Labute approximate surface area is 127 Å². The number of aromatic nitrogens is 2. The number of pyridine rings is 1. The molecule has 5 heteroatoms. The molecule has 0 saturated heterocycles. The van der Waals surface area contributed by atoms with Crippen LogP contribution < -0.4 is 5.32 Å². The fourth-order valence-corrected chi connectivity index (χ4v) is 2.10. The van der Waals surface area contributed by atoms with E-state index in [0.29, 0.717) is 22.8 Å². The predicted molar refractivity (Wildman–Crippen MR) is 82.7 cm³/mol. The summed E-state index contributed by atoms with van der Waals surface area (Å²) in [5, 5.41) is 21.7. The lowest BCUT2D eigenvalue weighted by Crippen LogP contribution is -2.04. The molecule has 1 aromatic carbocycles. The summed E-state index contributed by atoms with van der Waals surface area (Å²) in [6.45, 7) is 0. The number of anilines is 2. The average Bonchev–Trinajstić information content (AvgIpc) is 3.09. The maximum absolute atomic E-state index is 9.29. The minimum atomic E-state index is 0.330. The van der Waals surface area contributed by atoms with E-state index >= 15 is 0 Å². The number of rotatable bonds is 3. The summed E-state index contributed by atoms with van der Waals surface area (Å²) in [6, 6.07) is 18.9. The summed E-state index contributed by atoms with van der Waals surface area (Å²) >= 11 is 0. The lowest BCUT2D eigenvalue weighted by Gasteiger charge is -2.11. The van der Waals surface area contributed by atoms with Gasteiger partial charge in [0.2, 0.25) is 0 Å². The lowest BCUT2D eigenvalue weighted by atomic mass is 10.2. The highest BCUT2D eigenvalue weighted by atomic mass is 15.1. The number of hydrogen-bond acceptors (Lipinski definition) is 4. The normalized spacial score (nSPS) is 9.73. The Morgan fingerprint density at radius 2 is 1.59 bits per heavy atom. The first-order valence-electron chi connectivity index (χ1n) is 6.62. The highest BCUT2D eigenvalue weighted by molar-refractivity contribution is 5.66. The summed E-state index contributed by atoms with van der Waals surface area (Å²) < 4.78 is 1.75. The minimum absolute atomic E-state index is 0.330. The maximum Gasteiger partial charge on any atom is 0.157 e. The van der Waals surface area contributed by atoms with Crippen LogP contribution in [0.25, 0.3) is 5.82 Å². The molecule has 0 aliphatic heterocycles. The fraction of sp³-hybridized carbons (Fsp3) is 0. The van der Waals surface area contributed by atoms with Gasteiger partial charge in [-0.15, -0.1) is 0 Å². The van der Waals surface area contributed by atoms with Crippen molar-refractivity contribution >= 4 is 11.5 Å². The number of hydrogen-bond donors (Lipinski definition) is 1. The molecule has 3 rings (SSSR count). The van der Waals surface area contributed by atoms with Crippen molar-refractivity contribution in [2.75, 3.05) is 5.32 Å². The van der Waals surface area contributed by atoms with Crippen LogP contribution in [0.5, 0.6) is 0 Å². The van der Waals surface area contributed by atoms with Crippen LogP contribution in [0, 0.1) is 22.7 Å². The Hall–Kier alpha value is -3.57. The molecule has 22 heavy (non-hydrogen) atoms. The van der Waals surface area contributed by atoms with Crippen molar-refractivity contribution in [3.8, 4) is 18.0 Å². The maximum atomic E-state index is 9.29. The van der Waals surface area contributed by atoms with Gasteiger partial charge in [0.25, 0.3) is 0 Å². The van der Waals surface area contributed by atoms with Gasteiger partial charge < -0.3 is 9.88 Å². The zero-order chi connectivity index (χ0) is 15.4. The molecular formula is C17H11N5. The van der Waals surface area contributed by atoms with Crippen LogP contribution in [0.3, 0.4) is 0 Å². The van der Waals surface area contributed by atoms with Crippen molar-refractivity contribution in [1.82, 2.24) is 9.55 Å². The Kier molecular flexibility index (Phi) is 3.55. The molecule has 0 amide bonds. The third-order valence-electron chi connectivity index (χ3n) is 3.13. The SMILES string of the molecule is N#Cc1cc(C#N)c(-n2cccc2)nc1Nc1ccccc1. The van der Waals surface area contributed by atoms with Crippen molar-refractivity contribution in [2.45, 2.75) is 0 Å². The standard InChI is InChI=1S/C17H11N5/c18-11-13-10-14(12-19)17(22-8-4-5-9-22)21-16(13)20-15-6-2-1-3-7-15/h1-10H,(H,20,21). The fourth-order valence-electron chi connectivity index (χ4n) is 2.10. The molecule has 3 aromatic rings. The van der Waals surface area contributed by atoms with Crippen LogP contribution in [0.2, 0.25) is 0 Å². The van der Waals surface area contributed by atoms with E-state index in [1.54, 1.807) is 10.6 Å². The van der Waals surface area contributed by atoms with Gasteiger partial charge in [-0.25, -0.2) is 4.98 Å². The molecular weight excluding hydrogens is 274 g/mol. The van der Waals surface area contributed by atoms with Crippen LogP contribution in [0.15, 0.2) is 60.9 Å². The van der Waals surface area contributed by atoms with Gasteiger partial charge in [0.05, 0.1) is 11.1 Å². The minimum Gasteiger partial charge on any atom is -0.339 e. The van der Waals surface area contributed by atoms with E-state index < -0.39 is 0 Å². The smallest absolute Gasteiger partial charge is 0.157 e. The van der Waals surface area contributed by atoms with Gasteiger partial charge in [-0.05, 0) is 30.3 Å². The quantitative estimate of drug-likeness (QED) is 0.800. The Bertz CT molecular complexity index is 868. The van der Waals surface area contributed by atoms with Gasteiger partial charge in [-0.3, -0.25) is 0 Å². The molecule has 0 spiro atoms.